The summed E-state index contributed by atoms with van der Waals surface area (Å²) in [5.41, 5.74) is 0.343. The van der Waals surface area contributed by atoms with Gasteiger partial charge in [0.15, 0.2) is 0 Å². The van der Waals surface area contributed by atoms with Crippen LogP contribution in [0.2, 0.25) is 0 Å². The average molecular weight is 263 g/mol. The van der Waals surface area contributed by atoms with E-state index in [1.165, 1.54) is 12.1 Å². The Balaban J connectivity index is 3.01. The Morgan fingerprint density at radius 3 is 2.56 bits per heavy atom. The van der Waals surface area contributed by atoms with Crippen LogP contribution in [0.4, 0.5) is 0 Å². The number of esters is 1. The van der Waals surface area contributed by atoms with E-state index in [1.54, 1.807) is 19.1 Å². The fourth-order valence-corrected chi connectivity index (χ4v) is 2.40. The van der Waals surface area contributed by atoms with Crippen molar-refractivity contribution in [3.8, 4) is 0 Å². The van der Waals surface area contributed by atoms with Gasteiger partial charge in [-0.2, -0.15) is 0 Å². The van der Waals surface area contributed by atoms with E-state index in [2.05, 4.69) is 0 Å². The van der Waals surface area contributed by atoms with E-state index in [4.69, 9.17) is 15.4 Å². The van der Waals surface area contributed by atoms with Crippen LogP contribution in [0.1, 0.15) is 12.5 Å². The van der Waals surface area contributed by atoms with E-state index in [1.807, 2.05) is 0 Å². The van der Waals surface area contributed by atoms with E-state index in [0.29, 0.717) is 5.56 Å². The topological polar surface area (TPSA) is 60.4 Å². The van der Waals surface area contributed by atoms with Crippen LogP contribution in [0.5, 0.6) is 0 Å². The first-order chi connectivity index (χ1) is 7.45. The zero-order chi connectivity index (χ0) is 12.2. The quantitative estimate of drug-likeness (QED) is 0.612. The van der Waals surface area contributed by atoms with Crippen molar-refractivity contribution in [2.45, 2.75) is 18.2 Å². The molecule has 0 bridgehead atoms. The molecule has 1 rings (SSSR count). The molecular weight excluding hydrogens is 252 g/mol. The molecule has 0 aliphatic carbocycles. The third-order valence-corrected chi connectivity index (χ3v) is 3.30. The highest BCUT2D eigenvalue weighted by Crippen LogP contribution is 2.20. The van der Waals surface area contributed by atoms with Crippen molar-refractivity contribution in [3.63, 3.8) is 0 Å². The number of ether oxygens (including phenoxy) is 1. The summed E-state index contributed by atoms with van der Waals surface area (Å²) in [5.74, 6) is -0.477. The summed E-state index contributed by atoms with van der Waals surface area (Å²) >= 11 is 0. The van der Waals surface area contributed by atoms with Crippen molar-refractivity contribution in [1.29, 1.82) is 0 Å². The van der Waals surface area contributed by atoms with E-state index in [0.717, 1.165) is 0 Å². The van der Waals surface area contributed by atoms with E-state index >= 15 is 0 Å². The highest BCUT2D eigenvalue weighted by molar-refractivity contribution is 8.13. The molecule has 0 aromatic heterocycles. The van der Waals surface area contributed by atoms with Crippen LogP contribution in [0, 0.1) is 0 Å². The second-order valence-electron chi connectivity index (χ2n) is 3.03. The Morgan fingerprint density at radius 2 is 2.00 bits per heavy atom. The van der Waals surface area contributed by atoms with Crippen LogP contribution in [0.3, 0.4) is 0 Å². The second kappa shape index (κ2) is 5.32. The predicted molar refractivity (Wildman–Crippen MR) is 59.8 cm³/mol. The van der Waals surface area contributed by atoms with Gasteiger partial charge in [0, 0.05) is 10.7 Å². The van der Waals surface area contributed by atoms with Gasteiger partial charge in [-0.25, -0.2) is 8.42 Å². The summed E-state index contributed by atoms with van der Waals surface area (Å²) in [6, 6.07) is 6.08. The predicted octanol–water partition coefficient (Wildman–Crippen LogP) is 1.72. The minimum atomic E-state index is -3.83. The molecule has 0 saturated heterocycles. The first-order valence-corrected chi connectivity index (χ1v) is 6.94. The number of halogens is 1. The van der Waals surface area contributed by atoms with Crippen LogP contribution in [0.15, 0.2) is 29.2 Å². The fourth-order valence-electron chi connectivity index (χ4n) is 1.26. The lowest BCUT2D eigenvalue weighted by Crippen LogP contribution is -2.09. The van der Waals surface area contributed by atoms with Crippen molar-refractivity contribution >= 4 is 25.7 Å². The van der Waals surface area contributed by atoms with Crippen molar-refractivity contribution in [2.24, 2.45) is 0 Å². The van der Waals surface area contributed by atoms with E-state index in [9.17, 15) is 13.2 Å². The van der Waals surface area contributed by atoms with Crippen LogP contribution >= 0.6 is 10.7 Å². The highest BCUT2D eigenvalue weighted by atomic mass is 35.7. The largest absolute Gasteiger partial charge is 0.466 e. The Morgan fingerprint density at radius 1 is 1.38 bits per heavy atom. The van der Waals surface area contributed by atoms with Crippen LogP contribution in [0.25, 0.3) is 0 Å². The smallest absolute Gasteiger partial charge is 0.310 e. The second-order valence-corrected chi connectivity index (χ2v) is 5.56. The van der Waals surface area contributed by atoms with Gasteiger partial charge in [-0.15, -0.1) is 0 Å². The summed E-state index contributed by atoms with van der Waals surface area (Å²) in [7, 11) is 1.41. The summed E-state index contributed by atoms with van der Waals surface area (Å²) in [5, 5.41) is 0. The molecule has 88 valence electrons. The molecule has 0 heterocycles. The number of carbonyl (C=O) groups excluding carboxylic acids is 1. The first kappa shape index (κ1) is 13.0. The minimum Gasteiger partial charge on any atom is -0.466 e. The maximum atomic E-state index is 11.2. The van der Waals surface area contributed by atoms with Crippen LogP contribution in [-0.2, 0) is 25.0 Å². The molecular formula is C10H11ClO4S. The van der Waals surface area contributed by atoms with Gasteiger partial charge in [0.05, 0.1) is 17.9 Å². The number of benzene rings is 1. The zero-order valence-corrected chi connectivity index (χ0v) is 10.2. The van der Waals surface area contributed by atoms with Crippen molar-refractivity contribution in [2.75, 3.05) is 6.61 Å². The third kappa shape index (κ3) is 3.50. The summed E-state index contributed by atoms with van der Waals surface area (Å²) < 4.78 is 27.1. The molecule has 0 aliphatic heterocycles. The molecule has 0 radical (unpaired) electrons. The summed E-state index contributed by atoms with van der Waals surface area (Å²) in [6.45, 7) is 1.94. The first-order valence-electron chi connectivity index (χ1n) is 4.63. The lowest BCUT2D eigenvalue weighted by atomic mass is 10.1. The van der Waals surface area contributed by atoms with Gasteiger partial charge in [-0.1, -0.05) is 18.2 Å². The van der Waals surface area contributed by atoms with Gasteiger partial charge >= 0.3 is 5.97 Å². The maximum Gasteiger partial charge on any atom is 0.310 e. The third-order valence-electron chi connectivity index (χ3n) is 1.88. The molecule has 0 amide bonds. The molecule has 0 spiro atoms. The molecule has 4 nitrogen and oxygen atoms in total. The Hall–Kier alpha value is -1.07. The number of carbonyl (C=O) groups is 1. The summed E-state index contributed by atoms with van der Waals surface area (Å²) in [6.07, 6.45) is -0.101. The van der Waals surface area contributed by atoms with E-state index in [-0.39, 0.29) is 17.9 Å². The molecule has 0 saturated carbocycles. The lowest BCUT2D eigenvalue weighted by molar-refractivity contribution is -0.142. The molecule has 1 aromatic rings. The maximum absolute atomic E-state index is 11.2. The fraction of sp³-hybridized carbons (Fsp3) is 0.300. The molecule has 0 fully saturated rings. The van der Waals surface area contributed by atoms with Gasteiger partial charge in [0.2, 0.25) is 0 Å². The van der Waals surface area contributed by atoms with Gasteiger partial charge < -0.3 is 4.74 Å². The Bertz CT molecular complexity index is 481. The number of hydrogen-bond donors (Lipinski definition) is 0. The van der Waals surface area contributed by atoms with Crippen molar-refractivity contribution in [1.82, 2.24) is 0 Å². The number of rotatable bonds is 4. The monoisotopic (exact) mass is 262 g/mol. The zero-order valence-electron chi connectivity index (χ0n) is 8.64. The minimum absolute atomic E-state index is 0.0512. The molecule has 6 heteroatoms. The number of hydrogen-bond acceptors (Lipinski definition) is 4. The highest BCUT2D eigenvalue weighted by Gasteiger charge is 2.17. The van der Waals surface area contributed by atoms with Gasteiger partial charge in [0.25, 0.3) is 9.05 Å². The standard InChI is InChI=1S/C10H11ClO4S/c1-2-15-10(12)7-8-5-3-4-6-9(8)16(11,13)14/h3-6H,2,7H2,1H3. The lowest BCUT2D eigenvalue weighted by Gasteiger charge is -2.05. The summed E-state index contributed by atoms with van der Waals surface area (Å²) in [4.78, 5) is 11.2. The molecule has 0 aliphatic rings. The Kier molecular flexibility index (Phi) is 4.32. The normalized spacial score (nSPS) is 11.1. The van der Waals surface area contributed by atoms with E-state index < -0.39 is 15.0 Å². The average Bonchev–Trinajstić information content (AvgIpc) is 2.17. The molecule has 0 unspecified atom stereocenters. The van der Waals surface area contributed by atoms with Gasteiger partial charge in [-0.05, 0) is 18.6 Å². The molecule has 16 heavy (non-hydrogen) atoms. The van der Waals surface area contributed by atoms with Crippen molar-refractivity contribution in [3.05, 3.63) is 29.8 Å². The molecule has 0 N–H and O–H groups in total. The molecule has 0 atom stereocenters. The molecule has 1 aromatic carbocycles. The van der Waals surface area contributed by atoms with Gasteiger partial charge in [0.1, 0.15) is 0 Å². The van der Waals surface area contributed by atoms with Crippen molar-refractivity contribution < 1.29 is 17.9 Å². The van der Waals surface area contributed by atoms with Crippen LogP contribution < -0.4 is 0 Å². The Labute approximate surface area is 98.6 Å². The van der Waals surface area contributed by atoms with Crippen LogP contribution in [-0.4, -0.2) is 21.0 Å². The SMILES string of the molecule is CCOC(=O)Cc1ccccc1S(=O)(=O)Cl. The van der Waals surface area contributed by atoms with Gasteiger partial charge in [-0.3, -0.25) is 4.79 Å².